The molecular formula is C16H21Cl2N3O3. The fourth-order valence-electron chi connectivity index (χ4n) is 2.50. The van der Waals surface area contributed by atoms with Crippen LogP contribution in [0.15, 0.2) is 17.9 Å². The van der Waals surface area contributed by atoms with Gasteiger partial charge in [-0.15, -0.1) is 0 Å². The summed E-state index contributed by atoms with van der Waals surface area (Å²) < 4.78 is 10.7. The minimum atomic E-state index is -0.396. The highest BCUT2D eigenvalue weighted by Gasteiger charge is 2.23. The normalized spacial score (nSPS) is 21.2. The first-order chi connectivity index (χ1) is 11.5. The maximum absolute atomic E-state index is 11.7. The van der Waals surface area contributed by atoms with Gasteiger partial charge in [0, 0.05) is 12.1 Å². The zero-order chi connectivity index (χ0) is 17.5. The van der Waals surface area contributed by atoms with Crippen molar-refractivity contribution in [2.45, 2.75) is 45.6 Å². The second-order valence-electron chi connectivity index (χ2n) is 5.76. The van der Waals surface area contributed by atoms with Crippen molar-refractivity contribution in [2.75, 3.05) is 6.61 Å². The van der Waals surface area contributed by atoms with Gasteiger partial charge in [-0.05, 0) is 51.5 Å². The fraction of sp³-hybridized carbons (Fsp3) is 0.562. The number of nitrogens with zero attached hydrogens (tertiary/aromatic N) is 2. The van der Waals surface area contributed by atoms with Crippen molar-refractivity contribution >= 4 is 29.3 Å². The number of carbonyl (C=O) groups is 1. The molecular weight excluding hydrogens is 353 g/mol. The van der Waals surface area contributed by atoms with Crippen LogP contribution in [-0.4, -0.2) is 28.7 Å². The molecule has 8 heteroatoms. The Bertz CT molecular complexity index is 582. The molecule has 1 fully saturated rings. The van der Waals surface area contributed by atoms with E-state index in [0.29, 0.717) is 18.3 Å². The smallest absolute Gasteiger partial charge is 0.412 e. The minimum absolute atomic E-state index is 0.135. The number of rotatable bonds is 5. The van der Waals surface area contributed by atoms with Crippen molar-refractivity contribution in [3.05, 3.63) is 28.2 Å². The molecule has 0 saturated heterocycles. The van der Waals surface area contributed by atoms with Crippen molar-refractivity contribution in [3.8, 4) is 6.01 Å². The summed E-state index contributed by atoms with van der Waals surface area (Å²) in [5.74, 6) is 0.979. The number of aromatic nitrogens is 2. The average molecular weight is 374 g/mol. The zero-order valence-corrected chi connectivity index (χ0v) is 15.2. The van der Waals surface area contributed by atoms with Crippen LogP contribution in [0.4, 0.5) is 4.79 Å². The Kier molecular flexibility index (Phi) is 7.12. The predicted octanol–water partition coefficient (Wildman–Crippen LogP) is 4.37. The first kappa shape index (κ1) is 18.8. The molecule has 1 N–H and O–H groups in total. The fourth-order valence-corrected chi connectivity index (χ4v) is 2.91. The second kappa shape index (κ2) is 9.08. The van der Waals surface area contributed by atoms with Gasteiger partial charge in [-0.3, -0.25) is 0 Å². The quantitative estimate of drug-likeness (QED) is 0.612. The molecule has 2 rings (SSSR count). The molecule has 1 aliphatic rings. The molecule has 1 aromatic heterocycles. The van der Waals surface area contributed by atoms with Gasteiger partial charge in [0.25, 0.3) is 0 Å². The Morgan fingerprint density at radius 1 is 1.29 bits per heavy atom. The third-order valence-corrected chi connectivity index (χ3v) is 4.31. The second-order valence-corrected chi connectivity index (χ2v) is 6.53. The number of alkyl carbamates (subject to hydrolysis) is 1. The topological polar surface area (TPSA) is 73.3 Å². The molecule has 0 radical (unpaired) electrons. The van der Waals surface area contributed by atoms with Crippen LogP contribution in [-0.2, 0) is 4.74 Å². The van der Waals surface area contributed by atoms with E-state index in [4.69, 9.17) is 32.7 Å². The monoisotopic (exact) mass is 373 g/mol. The molecule has 1 aliphatic carbocycles. The van der Waals surface area contributed by atoms with Crippen LogP contribution in [0.3, 0.4) is 0 Å². The third kappa shape index (κ3) is 6.17. The van der Waals surface area contributed by atoms with Crippen LogP contribution < -0.4 is 10.1 Å². The van der Waals surface area contributed by atoms with Crippen molar-refractivity contribution in [3.63, 3.8) is 0 Å². The maximum Gasteiger partial charge on any atom is 0.412 e. The average Bonchev–Trinajstić information content (AvgIpc) is 2.53. The lowest BCUT2D eigenvalue weighted by Gasteiger charge is -2.28. The summed E-state index contributed by atoms with van der Waals surface area (Å²) in [6, 6.07) is 1.79. The number of halogens is 2. The summed E-state index contributed by atoms with van der Waals surface area (Å²) in [5, 5.41) is 3.41. The van der Waals surface area contributed by atoms with Crippen molar-refractivity contribution < 1.29 is 14.3 Å². The highest BCUT2D eigenvalue weighted by Crippen LogP contribution is 2.25. The van der Waals surface area contributed by atoms with Crippen molar-refractivity contribution in [2.24, 2.45) is 5.92 Å². The van der Waals surface area contributed by atoms with E-state index in [2.05, 4.69) is 15.3 Å². The Balaban J connectivity index is 1.72. The predicted molar refractivity (Wildman–Crippen MR) is 92.3 cm³/mol. The third-order valence-electron chi connectivity index (χ3n) is 3.92. The molecule has 0 aromatic carbocycles. The first-order valence-electron chi connectivity index (χ1n) is 7.90. The molecule has 1 amide bonds. The number of carbonyl (C=O) groups excluding carboxylic acids is 1. The van der Waals surface area contributed by atoms with E-state index in [0.717, 1.165) is 25.7 Å². The Hall–Kier alpha value is -1.53. The van der Waals surface area contributed by atoms with Crippen LogP contribution in [0.1, 0.15) is 39.5 Å². The summed E-state index contributed by atoms with van der Waals surface area (Å²) in [7, 11) is 0. The van der Waals surface area contributed by atoms with E-state index in [-0.39, 0.29) is 22.4 Å². The van der Waals surface area contributed by atoms with Gasteiger partial charge in [-0.25, -0.2) is 4.79 Å². The summed E-state index contributed by atoms with van der Waals surface area (Å²) >= 11 is 11.6. The number of nitrogens with one attached hydrogen (secondary N) is 1. The molecule has 1 heterocycles. The number of amides is 1. The van der Waals surface area contributed by atoms with Gasteiger partial charge in [0.15, 0.2) is 0 Å². The van der Waals surface area contributed by atoms with E-state index >= 15 is 0 Å². The van der Waals surface area contributed by atoms with Gasteiger partial charge in [0.2, 0.25) is 0 Å². The SMILES string of the molecule is C/C=C(\C)OC(=O)N[C@H]1CC[C@H](COc2nc(Cl)cc(Cl)n2)CC1. The van der Waals surface area contributed by atoms with Gasteiger partial charge in [-0.1, -0.05) is 23.2 Å². The van der Waals surface area contributed by atoms with E-state index in [1.807, 2.05) is 6.92 Å². The molecule has 132 valence electrons. The van der Waals surface area contributed by atoms with Gasteiger partial charge < -0.3 is 14.8 Å². The van der Waals surface area contributed by atoms with Gasteiger partial charge in [0.1, 0.15) is 16.1 Å². The zero-order valence-electron chi connectivity index (χ0n) is 13.7. The van der Waals surface area contributed by atoms with Crippen LogP contribution >= 0.6 is 23.2 Å². The summed E-state index contributed by atoms with van der Waals surface area (Å²) in [6.45, 7) is 4.08. The van der Waals surface area contributed by atoms with Gasteiger partial charge in [0.05, 0.1) is 6.61 Å². The lowest BCUT2D eigenvalue weighted by Crippen LogP contribution is -2.38. The van der Waals surface area contributed by atoms with E-state index in [1.165, 1.54) is 6.07 Å². The van der Waals surface area contributed by atoms with Crippen LogP contribution in [0.25, 0.3) is 0 Å². The molecule has 6 nitrogen and oxygen atoms in total. The maximum atomic E-state index is 11.7. The number of allylic oxidation sites excluding steroid dienone is 2. The van der Waals surface area contributed by atoms with Crippen LogP contribution in [0.5, 0.6) is 6.01 Å². The van der Waals surface area contributed by atoms with Crippen molar-refractivity contribution in [1.29, 1.82) is 0 Å². The summed E-state index contributed by atoms with van der Waals surface area (Å²) in [6.07, 6.45) is 5.01. The largest absolute Gasteiger partial charge is 0.463 e. The molecule has 0 bridgehead atoms. The Labute approximate surface area is 151 Å². The molecule has 0 spiro atoms. The van der Waals surface area contributed by atoms with Crippen LogP contribution in [0.2, 0.25) is 10.3 Å². The molecule has 0 atom stereocenters. The molecule has 0 aliphatic heterocycles. The number of hydrogen-bond donors (Lipinski definition) is 1. The lowest BCUT2D eigenvalue weighted by molar-refractivity contribution is 0.155. The Morgan fingerprint density at radius 2 is 1.92 bits per heavy atom. The van der Waals surface area contributed by atoms with Gasteiger partial charge in [-0.2, -0.15) is 9.97 Å². The highest BCUT2D eigenvalue weighted by molar-refractivity contribution is 6.33. The van der Waals surface area contributed by atoms with E-state index in [1.54, 1.807) is 13.0 Å². The summed E-state index contributed by atoms with van der Waals surface area (Å²) in [5.41, 5.74) is 0. The first-order valence-corrected chi connectivity index (χ1v) is 8.66. The van der Waals surface area contributed by atoms with Crippen LogP contribution in [0, 0.1) is 5.92 Å². The molecule has 1 aromatic rings. The number of hydrogen-bond acceptors (Lipinski definition) is 5. The Morgan fingerprint density at radius 3 is 2.50 bits per heavy atom. The van der Waals surface area contributed by atoms with E-state index < -0.39 is 6.09 Å². The molecule has 1 saturated carbocycles. The molecule has 0 unspecified atom stereocenters. The lowest BCUT2D eigenvalue weighted by atomic mass is 9.86. The highest BCUT2D eigenvalue weighted by atomic mass is 35.5. The van der Waals surface area contributed by atoms with E-state index in [9.17, 15) is 4.79 Å². The minimum Gasteiger partial charge on any atom is -0.463 e. The van der Waals surface area contributed by atoms with Crippen molar-refractivity contribution in [1.82, 2.24) is 15.3 Å². The number of ether oxygens (including phenoxy) is 2. The summed E-state index contributed by atoms with van der Waals surface area (Å²) in [4.78, 5) is 19.7. The standard InChI is InChI=1S/C16H21Cl2N3O3/c1-3-10(2)24-16(22)19-12-6-4-11(5-7-12)9-23-15-20-13(17)8-14(18)21-15/h3,8,11-12H,4-7,9H2,1-2H3,(H,19,22)/b10-3+/t11-,12-. The molecule has 24 heavy (non-hydrogen) atoms. The van der Waals surface area contributed by atoms with Gasteiger partial charge >= 0.3 is 12.1 Å².